The van der Waals surface area contributed by atoms with Gasteiger partial charge in [-0.1, -0.05) is 6.08 Å². The number of methoxy groups -OCH3 is 1. The van der Waals surface area contributed by atoms with Crippen molar-refractivity contribution in [1.82, 2.24) is 9.99 Å². The summed E-state index contributed by atoms with van der Waals surface area (Å²) in [7, 11) is 0.979. The molecule has 0 spiro atoms. The number of carbonyl (C=O) groups excluding carboxylic acids is 2. The van der Waals surface area contributed by atoms with E-state index in [0.29, 0.717) is 16.8 Å². The molecule has 2 amide bonds. The molecule has 13 heteroatoms. The standard InChI is InChI=1S/C24H26F3N3O7/c1-7-12(2)30(23(35)37-24(3,4)5)29-11-15(19(31)20(36-6)18(29)22(33)34)21(32)28-10-14-16(26)8-13(25)9-17(14)27/h7-9,11-12H,1,10H2,2-6H3,(H,28,32)(H,33,34)/t12-/m1/s1. The molecule has 200 valence electrons. The summed E-state index contributed by atoms with van der Waals surface area (Å²) in [5, 5.41) is 12.7. The highest BCUT2D eigenvalue weighted by molar-refractivity contribution is 5.97. The number of nitrogens with one attached hydrogen (secondary N) is 1. The van der Waals surface area contributed by atoms with E-state index >= 15 is 0 Å². The van der Waals surface area contributed by atoms with E-state index in [9.17, 15) is 37.5 Å². The maximum Gasteiger partial charge on any atom is 0.430 e. The van der Waals surface area contributed by atoms with Gasteiger partial charge in [0.05, 0.1) is 13.2 Å². The van der Waals surface area contributed by atoms with Crippen LogP contribution in [-0.2, 0) is 11.3 Å². The topological polar surface area (TPSA) is 127 Å². The number of amides is 2. The fraction of sp³-hybridized carbons (Fsp3) is 0.333. The number of aromatic nitrogens is 1. The number of rotatable bonds is 8. The average Bonchev–Trinajstić information content (AvgIpc) is 2.77. The third-order valence-electron chi connectivity index (χ3n) is 4.87. The maximum absolute atomic E-state index is 14.0. The molecule has 0 saturated carbocycles. The highest BCUT2D eigenvalue weighted by Gasteiger charge is 2.33. The molecule has 0 unspecified atom stereocenters. The number of aromatic carboxylic acids is 1. The SMILES string of the molecule is C=C[C@@H](C)N(C(=O)OC(C)(C)C)n1cc(C(=O)NCc2c(F)cc(F)cc2F)c(=O)c(OC)c1C(=O)O. The van der Waals surface area contributed by atoms with Gasteiger partial charge in [0.1, 0.15) is 28.6 Å². The lowest BCUT2D eigenvalue weighted by molar-refractivity contribution is 0.0521. The number of hydrogen-bond donors (Lipinski definition) is 2. The van der Waals surface area contributed by atoms with Crippen molar-refractivity contribution in [3.63, 3.8) is 0 Å². The molecule has 0 fully saturated rings. The Labute approximate surface area is 209 Å². The van der Waals surface area contributed by atoms with E-state index in [1.54, 1.807) is 20.8 Å². The molecule has 1 aromatic carbocycles. The quantitative estimate of drug-likeness (QED) is 0.506. The predicted octanol–water partition coefficient (Wildman–Crippen LogP) is 3.35. The second-order valence-electron chi connectivity index (χ2n) is 8.74. The normalized spacial score (nSPS) is 11.9. The van der Waals surface area contributed by atoms with Gasteiger partial charge in [-0.05, 0) is 27.7 Å². The van der Waals surface area contributed by atoms with E-state index < -0.39 is 81.6 Å². The van der Waals surface area contributed by atoms with Crippen molar-refractivity contribution in [3.05, 3.63) is 75.5 Å². The lowest BCUT2D eigenvalue weighted by Gasteiger charge is -2.33. The Hall–Kier alpha value is -4.29. The minimum absolute atomic E-state index is 0.414. The zero-order valence-corrected chi connectivity index (χ0v) is 20.7. The van der Waals surface area contributed by atoms with Gasteiger partial charge >= 0.3 is 12.1 Å². The number of halogens is 3. The van der Waals surface area contributed by atoms with Crippen molar-refractivity contribution >= 4 is 18.0 Å². The molecule has 0 aliphatic rings. The number of nitrogens with zero attached hydrogens (tertiary/aromatic N) is 2. The van der Waals surface area contributed by atoms with Gasteiger partial charge in [0.2, 0.25) is 5.43 Å². The smallest absolute Gasteiger partial charge is 0.430 e. The molecule has 10 nitrogen and oxygen atoms in total. The van der Waals surface area contributed by atoms with Crippen molar-refractivity contribution < 1.29 is 42.1 Å². The van der Waals surface area contributed by atoms with Crippen LogP contribution in [0.2, 0.25) is 0 Å². The largest absolute Gasteiger partial charge is 0.490 e. The van der Waals surface area contributed by atoms with Crippen LogP contribution in [0.25, 0.3) is 0 Å². The van der Waals surface area contributed by atoms with Crippen LogP contribution in [0.3, 0.4) is 0 Å². The Morgan fingerprint density at radius 3 is 2.24 bits per heavy atom. The van der Waals surface area contributed by atoms with E-state index in [-0.39, 0.29) is 0 Å². The Kier molecular flexibility index (Phi) is 8.75. The second kappa shape index (κ2) is 11.2. The number of pyridine rings is 1. The Morgan fingerprint density at radius 2 is 1.78 bits per heavy atom. The lowest BCUT2D eigenvalue weighted by Crippen LogP contribution is -2.50. The summed E-state index contributed by atoms with van der Waals surface area (Å²) in [5.74, 6) is -7.38. The Balaban J connectivity index is 2.68. The van der Waals surface area contributed by atoms with Crippen LogP contribution in [0, 0.1) is 17.5 Å². The first-order valence-electron chi connectivity index (χ1n) is 10.8. The second-order valence-corrected chi connectivity index (χ2v) is 8.74. The number of benzene rings is 1. The third kappa shape index (κ3) is 6.48. The van der Waals surface area contributed by atoms with Gasteiger partial charge in [-0.2, -0.15) is 0 Å². The summed E-state index contributed by atoms with van der Waals surface area (Å²) in [6, 6.07) is -0.0895. The highest BCUT2D eigenvalue weighted by atomic mass is 19.1. The molecule has 1 atom stereocenters. The average molecular weight is 525 g/mol. The zero-order valence-electron chi connectivity index (χ0n) is 20.7. The molecule has 37 heavy (non-hydrogen) atoms. The van der Waals surface area contributed by atoms with E-state index in [1.807, 2.05) is 0 Å². The highest BCUT2D eigenvalue weighted by Crippen LogP contribution is 2.20. The van der Waals surface area contributed by atoms with E-state index in [1.165, 1.54) is 13.0 Å². The third-order valence-corrected chi connectivity index (χ3v) is 4.87. The minimum atomic E-state index is -1.68. The van der Waals surface area contributed by atoms with Crippen LogP contribution in [0.15, 0.2) is 35.8 Å². The monoisotopic (exact) mass is 525 g/mol. The summed E-state index contributed by atoms with van der Waals surface area (Å²) < 4.78 is 52.1. The molecule has 1 aromatic heterocycles. The first-order chi connectivity index (χ1) is 17.1. The number of carbonyl (C=O) groups is 3. The summed E-state index contributed by atoms with van der Waals surface area (Å²) in [6.45, 7) is 8.97. The molecule has 0 aliphatic heterocycles. The van der Waals surface area contributed by atoms with Gasteiger partial charge in [0.15, 0.2) is 11.4 Å². The molecule has 2 rings (SSSR count). The Bertz CT molecular complexity index is 1280. The van der Waals surface area contributed by atoms with Gasteiger partial charge in [-0.15, -0.1) is 6.58 Å². The molecule has 1 heterocycles. The van der Waals surface area contributed by atoms with Crippen molar-refractivity contribution in [1.29, 1.82) is 0 Å². The minimum Gasteiger partial charge on any atom is -0.490 e. The molecule has 0 aliphatic carbocycles. The summed E-state index contributed by atoms with van der Waals surface area (Å²) in [4.78, 5) is 51.0. The molecule has 0 bridgehead atoms. The van der Waals surface area contributed by atoms with Crippen molar-refractivity contribution in [3.8, 4) is 5.75 Å². The van der Waals surface area contributed by atoms with Crippen molar-refractivity contribution in [2.75, 3.05) is 12.1 Å². The molecular formula is C24H26F3N3O7. The molecular weight excluding hydrogens is 499 g/mol. The summed E-state index contributed by atoms with van der Waals surface area (Å²) >= 11 is 0. The van der Waals surface area contributed by atoms with Gasteiger partial charge in [0, 0.05) is 30.4 Å². The fourth-order valence-corrected chi connectivity index (χ4v) is 3.16. The molecule has 2 N–H and O–H groups in total. The summed E-state index contributed by atoms with van der Waals surface area (Å²) in [5.41, 5.74) is -4.40. The molecule has 0 saturated heterocycles. The number of hydrogen-bond acceptors (Lipinski definition) is 6. The van der Waals surface area contributed by atoms with Gasteiger partial charge in [0.25, 0.3) is 5.91 Å². The Morgan fingerprint density at radius 1 is 1.22 bits per heavy atom. The van der Waals surface area contributed by atoms with E-state index in [0.717, 1.165) is 18.3 Å². The first kappa shape index (κ1) is 28.9. The van der Waals surface area contributed by atoms with Gasteiger partial charge in [-0.25, -0.2) is 32.4 Å². The zero-order chi connectivity index (χ0) is 28.2. The molecule has 0 radical (unpaired) electrons. The molecule has 2 aromatic rings. The summed E-state index contributed by atoms with van der Waals surface area (Å²) in [6.07, 6.45) is 0.986. The van der Waals surface area contributed by atoms with E-state index in [2.05, 4.69) is 11.9 Å². The fourth-order valence-electron chi connectivity index (χ4n) is 3.16. The van der Waals surface area contributed by atoms with Crippen molar-refractivity contribution in [2.24, 2.45) is 0 Å². The first-order valence-corrected chi connectivity index (χ1v) is 10.8. The number of ether oxygens (including phenoxy) is 2. The van der Waals surface area contributed by atoms with Crippen LogP contribution in [0.5, 0.6) is 5.75 Å². The van der Waals surface area contributed by atoms with Crippen LogP contribution in [0.1, 0.15) is 54.1 Å². The van der Waals surface area contributed by atoms with Crippen LogP contribution < -0.4 is 20.5 Å². The van der Waals surface area contributed by atoms with Crippen LogP contribution >= 0.6 is 0 Å². The predicted molar refractivity (Wildman–Crippen MR) is 126 cm³/mol. The van der Waals surface area contributed by atoms with Gasteiger partial charge < -0.3 is 19.9 Å². The maximum atomic E-state index is 14.0. The number of carboxylic acids is 1. The van der Waals surface area contributed by atoms with Crippen LogP contribution in [-0.4, -0.2) is 46.5 Å². The van der Waals surface area contributed by atoms with Crippen LogP contribution in [0.4, 0.5) is 18.0 Å². The number of carboxylic acid groups (broad SMARTS) is 1. The lowest BCUT2D eigenvalue weighted by atomic mass is 10.1. The van der Waals surface area contributed by atoms with E-state index in [4.69, 9.17) is 9.47 Å². The van der Waals surface area contributed by atoms with Crippen molar-refractivity contribution in [2.45, 2.75) is 45.9 Å². The van der Waals surface area contributed by atoms with Gasteiger partial charge in [-0.3, -0.25) is 9.59 Å².